The van der Waals surface area contributed by atoms with Gasteiger partial charge >= 0.3 is 0 Å². The number of carbonyl (C=O) groups excluding carboxylic acids is 1. The van der Waals surface area contributed by atoms with E-state index in [-0.39, 0.29) is 18.6 Å². The summed E-state index contributed by atoms with van der Waals surface area (Å²) in [6.45, 7) is 1.72. The number of thiocarbonyl (C=S) groups is 1. The molecular weight excluding hydrogens is 224 g/mol. The van der Waals surface area contributed by atoms with E-state index in [1.165, 1.54) is 4.90 Å². The molecule has 1 aliphatic rings. The van der Waals surface area contributed by atoms with Crippen LogP contribution in [0.2, 0.25) is 0 Å². The molecule has 84 valence electrons. The Morgan fingerprint density at radius 1 is 1.56 bits per heavy atom. The summed E-state index contributed by atoms with van der Waals surface area (Å²) in [6.07, 6.45) is 0. The second kappa shape index (κ2) is 4.19. The molecule has 2 N–H and O–H groups in total. The van der Waals surface area contributed by atoms with E-state index >= 15 is 0 Å². The van der Waals surface area contributed by atoms with Crippen molar-refractivity contribution in [2.75, 3.05) is 4.90 Å². The van der Waals surface area contributed by atoms with Gasteiger partial charge in [-0.1, -0.05) is 12.1 Å². The number of carbonyl (C=O) groups is 1. The highest BCUT2D eigenvalue weighted by atomic mass is 32.1. The van der Waals surface area contributed by atoms with Crippen LogP contribution in [0.5, 0.6) is 0 Å². The van der Waals surface area contributed by atoms with Crippen LogP contribution in [0, 0.1) is 0 Å². The highest BCUT2D eigenvalue weighted by Gasteiger charge is 2.33. The van der Waals surface area contributed by atoms with Crippen molar-refractivity contribution in [3.8, 4) is 0 Å². The first-order valence-corrected chi connectivity index (χ1v) is 5.38. The molecule has 0 aliphatic carbocycles. The summed E-state index contributed by atoms with van der Waals surface area (Å²) in [6, 6.07) is 6.85. The fourth-order valence-corrected chi connectivity index (χ4v) is 2.02. The molecule has 1 saturated heterocycles. The molecular formula is C11H12N2O2S. The molecule has 1 atom stereocenters. The van der Waals surface area contributed by atoms with Gasteiger partial charge in [-0.3, -0.25) is 9.69 Å². The summed E-state index contributed by atoms with van der Waals surface area (Å²) in [5.41, 5.74) is 1.45. The van der Waals surface area contributed by atoms with Gasteiger partial charge in [-0.25, -0.2) is 0 Å². The van der Waals surface area contributed by atoms with Gasteiger partial charge < -0.3 is 10.4 Å². The van der Waals surface area contributed by atoms with Crippen LogP contribution in [0.1, 0.15) is 12.5 Å². The van der Waals surface area contributed by atoms with E-state index in [0.717, 1.165) is 5.56 Å². The topological polar surface area (TPSA) is 52.6 Å². The third kappa shape index (κ3) is 1.79. The van der Waals surface area contributed by atoms with E-state index in [1.807, 2.05) is 0 Å². The Hall–Kier alpha value is -1.46. The minimum atomic E-state index is -0.287. The minimum Gasteiger partial charge on any atom is -0.392 e. The molecule has 1 aromatic rings. The summed E-state index contributed by atoms with van der Waals surface area (Å²) in [5.74, 6) is -0.0694. The molecule has 1 heterocycles. The number of amides is 1. The number of aliphatic hydroxyl groups is 1. The number of nitrogens with one attached hydrogen (secondary N) is 1. The summed E-state index contributed by atoms with van der Waals surface area (Å²) < 4.78 is 0. The van der Waals surface area contributed by atoms with Crippen molar-refractivity contribution in [1.29, 1.82) is 0 Å². The van der Waals surface area contributed by atoms with Crippen LogP contribution < -0.4 is 10.2 Å². The zero-order valence-corrected chi connectivity index (χ0v) is 9.62. The van der Waals surface area contributed by atoms with Crippen LogP contribution in [0.4, 0.5) is 5.69 Å². The van der Waals surface area contributed by atoms with Crippen LogP contribution in [0.25, 0.3) is 0 Å². The Balaban J connectivity index is 2.36. The lowest BCUT2D eigenvalue weighted by Gasteiger charge is -2.15. The van der Waals surface area contributed by atoms with Crippen LogP contribution in [-0.4, -0.2) is 22.2 Å². The average Bonchev–Trinajstić information content (AvgIpc) is 2.53. The minimum absolute atomic E-state index is 0.0500. The Labute approximate surface area is 98.9 Å². The maximum Gasteiger partial charge on any atom is 0.255 e. The predicted octanol–water partition coefficient (Wildman–Crippen LogP) is 0.788. The molecule has 1 aromatic carbocycles. The van der Waals surface area contributed by atoms with Gasteiger partial charge in [-0.15, -0.1) is 0 Å². The molecule has 5 heteroatoms. The standard InChI is InChI=1S/C11H12N2O2S/c1-7-10(15)13(11(16)12-7)9-4-2-3-8(5-9)6-14/h2-5,7,14H,6H2,1H3,(H,12,16). The third-order valence-corrected chi connectivity index (χ3v) is 2.79. The smallest absolute Gasteiger partial charge is 0.255 e. The lowest BCUT2D eigenvalue weighted by atomic mass is 10.2. The molecule has 0 bridgehead atoms. The number of hydrogen-bond acceptors (Lipinski definition) is 3. The van der Waals surface area contributed by atoms with E-state index in [2.05, 4.69) is 5.32 Å². The van der Waals surface area contributed by atoms with Gasteiger partial charge in [-0.05, 0) is 36.8 Å². The summed E-state index contributed by atoms with van der Waals surface area (Å²) >= 11 is 5.09. The fourth-order valence-electron chi connectivity index (χ4n) is 1.64. The van der Waals surface area contributed by atoms with Crippen LogP contribution >= 0.6 is 12.2 Å². The van der Waals surface area contributed by atoms with Gasteiger partial charge in [0.25, 0.3) is 5.91 Å². The van der Waals surface area contributed by atoms with Gasteiger partial charge in [0.15, 0.2) is 5.11 Å². The molecule has 0 radical (unpaired) electrons. The molecule has 0 spiro atoms. The van der Waals surface area contributed by atoms with Crippen molar-refractivity contribution in [3.63, 3.8) is 0 Å². The first-order chi connectivity index (χ1) is 7.63. The maximum atomic E-state index is 11.8. The van der Waals surface area contributed by atoms with Gasteiger partial charge in [0, 0.05) is 0 Å². The van der Waals surface area contributed by atoms with Crippen molar-refractivity contribution in [1.82, 2.24) is 5.32 Å². The number of rotatable bonds is 2. The normalized spacial score (nSPS) is 20.1. The summed E-state index contributed by atoms with van der Waals surface area (Å²) in [5, 5.41) is 12.3. The number of hydrogen-bond donors (Lipinski definition) is 2. The molecule has 0 saturated carbocycles. The Kier molecular flexibility index (Phi) is 2.89. The fraction of sp³-hybridized carbons (Fsp3) is 0.273. The molecule has 4 nitrogen and oxygen atoms in total. The van der Waals surface area contributed by atoms with E-state index < -0.39 is 0 Å². The highest BCUT2D eigenvalue weighted by molar-refractivity contribution is 7.80. The second-order valence-electron chi connectivity index (χ2n) is 3.67. The van der Waals surface area contributed by atoms with Crippen LogP contribution in [-0.2, 0) is 11.4 Å². The molecule has 2 rings (SSSR count). The quantitative estimate of drug-likeness (QED) is 0.745. The van der Waals surface area contributed by atoms with E-state index in [0.29, 0.717) is 10.8 Å². The lowest BCUT2D eigenvalue weighted by Crippen LogP contribution is -2.30. The van der Waals surface area contributed by atoms with E-state index in [9.17, 15) is 4.79 Å². The Morgan fingerprint density at radius 2 is 2.31 bits per heavy atom. The Bertz CT molecular complexity index is 447. The lowest BCUT2D eigenvalue weighted by molar-refractivity contribution is -0.117. The number of anilines is 1. The maximum absolute atomic E-state index is 11.8. The van der Waals surface area contributed by atoms with Gasteiger partial charge in [0.1, 0.15) is 6.04 Å². The molecule has 1 fully saturated rings. The first kappa shape index (κ1) is 11.0. The van der Waals surface area contributed by atoms with Crippen molar-refractivity contribution in [3.05, 3.63) is 29.8 Å². The van der Waals surface area contributed by atoms with E-state index in [4.69, 9.17) is 17.3 Å². The average molecular weight is 236 g/mol. The zero-order valence-electron chi connectivity index (χ0n) is 8.80. The third-order valence-electron chi connectivity index (χ3n) is 2.49. The van der Waals surface area contributed by atoms with Gasteiger partial charge in [-0.2, -0.15) is 0 Å². The molecule has 1 unspecified atom stereocenters. The molecule has 1 amide bonds. The summed E-state index contributed by atoms with van der Waals surface area (Å²) in [4.78, 5) is 13.3. The van der Waals surface area contributed by atoms with E-state index in [1.54, 1.807) is 31.2 Å². The van der Waals surface area contributed by atoms with Gasteiger partial charge in [0.2, 0.25) is 0 Å². The number of aliphatic hydroxyl groups excluding tert-OH is 1. The molecule has 1 aliphatic heterocycles. The number of nitrogens with zero attached hydrogens (tertiary/aromatic N) is 1. The zero-order chi connectivity index (χ0) is 11.7. The monoisotopic (exact) mass is 236 g/mol. The largest absolute Gasteiger partial charge is 0.392 e. The van der Waals surface area contributed by atoms with Crippen molar-refractivity contribution >= 4 is 28.9 Å². The molecule has 0 aromatic heterocycles. The predicted molar refractivity (Wildman–Crippen MR) is 65.0 cm³/mol. The summed E-state index contributed by atoms with van der Waals surface area (Å²) in [7, 11) is 0. The SMILES string of the molecule is CC1NC(=S)N(c2cccc(CO)c2)C1=O. The number of benzene rings is 1. The first-order valence-electron chi connectivity index (χ1n) is 4.97. The van der Waals surface area contributed by atoms with Crippen molar-refractivity contribution in [2.24, 2.45) is 0 Å². The highest BCUT2D eigenvalue weighted by Crippen LogP contribution is 2.20. The Morgan fingerprint density at radius 3 is 2.88 bits per heavy atom. The van der Waals surface area contributed by atoms with Crippen LogP contribution in [0.15, 0.2) is 24.3 Å². The second-order valence-corrected chi connectivity index (χ2v) is 4.06. The van der Waals surface area contributed by atoms with Crippen molar-refractivity contribution in [2.45, 2.75) is 19.6 Å². The molecule has 16 heavy (non-hydrogen) atoms. The van der Waals surface area contributed by atoms with Crippen LogP contribution in [0.3, 0.4) is 0 Å². The van der Waals surface area contributed by atoms with Gasteiger partial charge in [0.05, 0.1) is 12.3 Å². The van der Waals surface area contributed by atoms with Crippen molar-refractivity contribution < 1.29 is 9.90 Å².